The average Bonchev–Trinajstić information content (AvgIpc) is 2.53. The normalized spacial score (nSPS) is 12.0. The zero-order chi connectivity index (χ0) is 15.2. The molecule has 0 saturated heterocycles. The van der Waals surface area contributed by atoms with Gasteiger partial charge in [-0.25, -0.2) is 0 Å². The molecular formula is C17H20BrNO2. The van der Waals surface area contributed by atoms with Gasteiger partial charge in [0, 0.05) is 10.5 Å². The molecule has 2 aromatic carbocycles. The van der Waals surface area contributed by atoms with Crippen LogP contribution in [-0.4, -0.2) is 21.3 Å². The van der Waals surface area contributed by atoms with Crippen molar-refractivity contribution < 1.29 is 9.47 Å². The standard InChI is InChI=1S/C17H20BrNO2/c1-19-15(10-12-4-7-14(18)8-5-12)13-6-9-16(20-2)17(11-13)21-3/h4-9,11,15,19H,10H2,1-3H3. The molecule has 21 heavy (non-hydrogen) atoms. The summed E-state index contributed by atoms with van der Waals surface area (Å²) in [5, 5.41) is 3.36. The predicted octanol–water partition coefficient (Wildman–Crippen LogP) is 3.97. The first-order valence-corrected chi connectivity index (χ1v) is 7.61. The number of nitrogens with one attached hydrogen (secondary N) is 1. The van der Waals surface area contributed by atoms with Gasteiger partial charge >= 0.3 is 0 Å². The van der Waals surface area contributed by atoms with Gasteiger partial charge in [0.05, 0.1) is 14.2 Å². The molecule has 0 saturated carbocycles. The predicted molar refractivity (Wildman–Crippen MR) is 89.2 cm³/mol. The lowest BCUT2D eigenvalue weighted by atomic mass is 9.98. The van der Waals surface area contributed by atoms with E-state index in [2.05, 4.69) is 51.6 Å². The van der Waals surface area contributed by atoms with Gasteiger partial charge in [-0.05, 0) is 48.9 Å². The van der Waals surface area contributed by atoms with Crippen LogP contribution in [0.15, 0.2) is 46.9 Å². The van der Waals surface area contributed by atoms with Crippen LogP contribution in [0.25, 0.3) is 0 Å². The highest BCUT2D eigenvalue weighted by Crippen LogP contribution is 2.31. The van der Waals surface area contributed by atoms with Gasteiger partial charge in [-0.2, -0.15) is 0 Å². The molecule has 0 fully saturated rings. The van der Waals surface area contributed by atoms with Crippen LogP contribution in [0.1, 0.15) is 17.2 Å². The van der Waals surface area contributed by atoms with Crippen molar-refractivity contribution >= 4 is 15.9 Å². The monoisotopic (exact) mass is 349 g/mol. The molecule has 2 rings (SSSR count). The Morgan fingerprint density at radius 2 is 1.67 bits per heavy atom. The molecule has 4 heteroatoms. The summed E-state index contributed by atoms with van der Waals surface area (Å²) in [7, 11) is 5.28. The molecule has 0 bridgehead atoms. The first-order valence-electron chi connectivity index (χ1n) is 6.81. The van der Waals surface area contributed by atoms with Crippen LogP contribution >= 0.6 is 15.9 Å². The number of hydrogen-bond donors (Lipinski definition) is 1. The Balaban J connectivity index is 2.22. The molecule has 1 N–H and O–H groups in total. The van der Waals surface area contributed by atoms with Crippen LogP contribution in [-0.2, 0) is 6.42 Å². The molecule has 0 radical (unpaired) electrons. The molecular weight excluding hydrogens is 330 g/mol. The number of ether oxygens (including phenoxy) is 2. The third kappa shape index (κ3) is 3.99. The molecule has 0 aliphatic rings. The van der Waals surface area contributed by atoms with E-state index in [9.17, 15) is 0 Å². The van der Waals surface area contributed by atoms with Gasteiger partial charge in [0.1, 0.15) is 0 Å². The smallest absolute Gasteiger partial charge is 0.161 e. The van der Waals surface area contributed by atoms with E-state index in [4.69, 9.17) is 9.47 Å². The quantitative estimate of drug-likeness (QED) is 0.855. The Labute approximate surface area is 134 Å². The minimum atomic E-state index is 0.228. The van der Waals surface area contributed by atoms with Gasteiger partial charge in [0.15, 0.2) is 11.5 Å². The van der Waals surface area contributed by atoms with Crippen molar-refractivity contribution in [2.45, 2.75) is 12.5 Å². The van der Waals surface area contributed by atoms with E-state index in [0.29, 0.717) is 0 Å². The van der Waals surface area contributed by atoms with Crippen LogP contribution in [0, 0.1) is 0 Å². The summed E-state index contributed by atoms with van der Waals surface area (Å²) in [6.45, 7) is 0. The molecule has 0 spiro atoms. The maximum atomic E-state index is 5.38. The molecule has 0 heterocycles. The van der Waals surface area contributed by atoms with E-state index >= 15 is 0 Å². The number of rotatable bonds is 6. The fourth-order valence-electron chi connectivity index (χ4n) is 2.31. The SMILES string of the molecule is CNC(Cc1ccc(Br)cc1)c1ccc(OC)c(OC)c1. The lowest BCUT2D eigenvalue weighted by molar-refractivity contribution is 0.354. The van der Waals surface area contributed by atoms with Crippen LogP contribution in [0.3, 0.4) is 0 Å². The van der Waals surface area contributed by atoms with Crippen molar-refractivity contribution in [3.63, 3.8) is 0 Å². The van der Waals surface area contributed by atoms with Crippen molar-refractivity contribution in [2.75, 3.05) is 21.3 Å². The third-order valence-corrected chi connectivity index (χ3v) is 4.04. The third-order valence-electron chi connectivity index (χ3n) is 3.51. The molecule has 2 aromatic rings. The number of hydrogen-bond acceptors (Lipinski definition) is 3. The highest BCUT2D eigenvalue weighted by atomic mass is 79.9. The number of benzene rings is 2. The largest absolute Gasteiger partial charge is 0.493 e. The fraction of sp³-hybridized carbons (Fsp3) is 0.294. The second kappa shape index (κ2) is 7.48. The van der Waals surface area contributed by atoms with Gasteiger partial charge in [-0.15, -0.1) is 0 Å². The average molecular weight is 350 g/mol. The first-order chi connectivity index (χ1) is 10.2. The summed E-state index contributed by atoms with van der Waals surface area (Å²) in [5.41, 5.74) is 2.46. The summed E-state index contributed by atoms with van der Waals surface area (Å²) in [6, 6.07) is 14.7. The molecule has 0 aromatic heterocycles. The van der Waals surface area contributed by atoms with Crippen LogP contribution < -0.4 is 14.8 Å². The summed E-state index contributed by atoms with van der Waals surface area (Å²) < 4.78 is 11.8. The van der Waals surface area contributed by atoms with Crippen molar-refractivity contribution in [1.29, 1.82) is 0 Å². The summed E-state index contributed by atoms with van der Waals surface area (Å²) in [6.07, 6.45) is 0.916. The number of halogens is 1. The topological polar surface area (TPSA) is 30.5 Å². The lowest BCUT2D eigenvalue weighted by Gasteiger charge is -2.18. The molecule has 1 atom stereocenters. The van der Waals surface area contributed by atoms with Gasteiger partial charge in [-0.3, -0.25) is 0 Å². The molecule has 1 unspecified atom stereocenters. The Hall–Kier alpha value is -1.52. The Morgan fingerprint density at radius 3 is 2.24 bits per heavy atom. The van der Waals surface area contributed by atoms with Crippen LogP contribution in [0.5, 0.6) is 11.5 Å². The lowest BCUT2D eigenvalue weighted by Crippen LogP contribution is -2.18. The van der Waals surface area contributed by atoms with E-state index < -0.39 is 0 Å². The highest BCUT2D eigenvalue weighted by Gasteiger charge is 2.13. The Morgan fingerprint density at radius 1 is 1.00 bits per heavy atom. The zero-order valence-electron chi connectivity index (χ0n) is 12.5. The second-order valence-electron chi connectivity index (χ2n) is 4.79. The maximum absolute atomic E-state index is 5.38. The maximum Gasteiger partial charge on any atom is 0.161 e. The van der Waals surface area contributed by atoms with Crippen molar-refractivity contribution in [3.05, 3.63) is 58.1 Å². The number of methoxy groups -OCH3 is 2. The summed E-state index contributed by atoms with van der Waals surface area (Å²) in [4.78, 5) is 0. The Bertz CT molecular complexity index is 584. The van der Waals surface area contributed by atoms with Gasteiger partial charge in [0.2, 0.25) is 0 Å². The van der Waals surface area contributed by atoms with E-state index in [1.807, 2.05) is 19.2 Å². The van der Waals surface area contributed by atoms with Crippen LogP contribution in [0.2, 0.25) is 0 Å². The molecule has 112 valence electrons. The van der Waals surface area contributed by atoms with Crippen molar-refractivity contribution in [1.82, 2.24) is 5.32 Å². The number of likely N-dealkylation sites (N-methyl/N-ethyl adjacent to an activating group) is 1. The van der Waals surface area contributed by atoms with E-state index in [0.717, 1.165) is 22.4 Å². The zero-order valence-corrected chi connectivity index (χ0v) is 14.1. The minimum Gasteiger partial charge on any atom is -0.493 e. The summed E-state index contributed by atoms with van der Waals surface area (Å²) >= 11 is 3.46. The van der Waals surface area contributed by atoms with Gasteiger partial charge in [0.25, 0.3) is 0 Å². The van der Waals surface area contributed by atoms with Gasteiger partial charge < -0.3 is 14.8 Å². The van der Waals surface area contributed by atoms with E-state index in [1.54, 1.807) is 14.2 Å². The minimum absolute atomic E-state index is 0.228. The van der Waals surface area contributed by atoms with Crippen molar-refractivity contribution in [3.8, 4) is 11.5 Å². The first kappa shape index (κ1) is 15.9. The molecule has 0 aliphatic heterocycles. The highest BCUT2D eigenvalue weighted by molar-refractivity contribution is 9.10. The Kier molecular flexibility index (Phi) is 5.65. The fourth-order valence-corrected chi connectivity index (χ4v) is 2.58. The van der Waals surface area contributed by atoms with Crippen LogP contribution in [0.4, 0.5) is 0 Å². The molecule has 0 amide bonds. The van der Waals surface area contributed by atoms with E-state index in [-0.39, 0.29) is 6.04 Å². The summed E-state index contributed by atoms with van der Waals surface area (Å²) in [5.74, 6) is 1.51. The molecule has 3 nitrogen and oxygen atoms in total. The van der Waals surface area contributed by atoms with Crippen molar-refractivity contribution in [2.24, 2.45) is 0 Å². The second-order valence-corrected chi connectivity index (χ2v) is 5.70. The van der Waals surface area contributed by atoms with Gasteiger partial charge in [-0.1, -0.05) is 34.1 Å². The molecule has 0 aliphatic carbocycles. The van der Waals surface area contributed by atoms with E-state index in [1.165, 1.54) is 11.1 Å².